The number of ether oxygens (including phenoxy) is 2. The van der Waals surface area contributed by atoms with E-state index in [9.17, 15) is 4.79 Å². The molecule has 0 aliphatic carbocycles. The molecule has 3 rings (SSSR count). The van der Waals surface area contributed by atoms with Crippen molar-refractivity contribution in [3.05, 3.63) is 89.0 Å². The first-order valence-electron chi connectivity index (χ1n) is 9.58. The van der Waals surface area contributed by atoms with Gasteiger partial charge in [-0.2, -0.15) is 5.10 Å². The summed E-state index contributed by atoms with van der Waals surface area (Å²) in [5.74, 6) is 0.300. The SMILES string of the molecule is COc1cc(/C=N/NC(=S)Nc2cccc(C)c2)ccc1OC(=O)c1ccc(C)cc1. The predicted molar refractivity (Wildman–Crippen MR) is 127 cm³/mol. The summed E-state index contributed by atoms with van der Waals surface area (Å²) in [5, 5.41) is 7.58. The summed E-state index contributed by atoms with van der Waals surface area (Å²) in [5.41, 5.74) is 7.07. The Morgan fingerprint density at radius 1 is 0.968 bits per heavy atom. The van der Waals surface area contributed by atoms with E-state index >= 15 is 0 Å². The highest BCUT2D eigenvalue weighted by atomic mass is 32.1. The van der Waals surface area contributed by atoms with Gasteiger partial charge in [0.15, 0.2) is 16.6 Å². The number of anilines is 1. The molecule has 0 spiro atoms. The molecule has 0 amide bonds. The molecule has 3 aromatic carbocycles. The molecule has 158 valence electrons. The van der Waals surface area contributed by atoms with Gasteiger partial charge in [0.25, 0.3) is 0 Å². The molecule has 0 atom stereocenters. The first-order chi connectivity index (χ1) is 14.9. The zero-order valence-corrected chi connectivity index (χ0v) is 18.3. The van der Waals surface area contributed by atoms with Crippen LogP contribution in [0.4, 0.5) is 5.69 Å². The second-order valence-electron chi connectivity index (χ2n) is 6.86. The summed E-state index contributed by atoms with van der Waals surface area (Å²) in [7, 11) is 1.51. The molecule has 0 aliphatic rings. The lowest BCUT2D eigenvalue weighted by molar-refractivity contribution is 0.0729. The monoisotopic (exact) mass is 433 g/mol. The first-order valence-corrected chi connectivity index (χ1v) is 9.99. The van der Waals surface area contributed by atoms with Crippen molar-refractivity contribution in [2.75, 3.05) is 12.4 Å². The quantitative estimate of drug-likeness (QED) is 0.190. The van der Waals surface area contributed by atoms with Gasteiger partial charge in [0.1, 0.15) is 0 Å². The number of hydrogen-bond acceptors (Lipinski definition) is 5. The largest absolute Gasteiger partial charge is 0.493 e. The predicted octanol–water partition coefficient (Wildman–Crippen LogP) is 4.85. The van der Waals surface area contributed by atoms with Crippen molar-refractivity contribution in [2.45, 2.75) is 13.8 Å². The van der Waals surface area contributed by atoms with Crippen molar-refractivity contribution < 1.29 is 14.3 Å². The van der Waals surface area contributed by atoms with E-state index in [0.29, 0.717) is 22.2 Å². The first kappa shape index (κ1) is 22.0. The minimum atomic E-state index is -0.450. The van der Waals surface area contributed by atoms with Gasteiger partial charge in [-0.25, -0.2) is 4.79 Å². The van der Waals surface area contributed by atoms with Crippen LogP contribution in [0, 0.1) is 13.8 Å². The molecule has 0 saturated heterocycles. The zero-order chi connectivity index (χ0) is 22.2. The number of carbonyl (C=O) groups excluding carboxylic acids is 1. The molecule has 0 fully saturated rings. The van der Waals surface area contributed by atoms with Crippen molar-refractivity contribution in [3.8, 4) is 11.5 Å². The average Bonchev–Trinajstić information content (AvgIpc) is 2.75. The molecule has 0 aliphatic heterocycles. The van der Waals surface area contributed by atoms with E-state index in [2.05, 4.69) is 15.8 Å². The van der Waals surface area contributed by atoms with Crippen molar-refractivity contribution in [2.24, 2.45) is 5.10 Å². The average molecular weight is 434 g/mol. The third-order valence-electron chi connectivity index (χ3n) is 4.33. The summed E-state index contributed by atoms with van der Waals surface area (Å²) in [4.78, 5) is 12.4. The summed E-state index contributed by atoms with van der Waals surface area (Å²) in [6, 6.07) is 20.2. The van der Waals surface area contributed by atoms with Crippen molar-refractivity contribution >= 4 is 35.2 Å². The number of nitrogens with one attached hydrogen (secondary N) is 2. The summed E-state index contributed by atoms with van der Waals surface area (Å²) < 4.78 is 10.8. The Labute approximate surface area is 186 Å². The van der Waals surface area contributed by atoms with Gasteiger partial charge < -0.3 is 14.8 Å². The molecule has 6 nitrogen and oxygen atoms in total. The highest BCUT2D eigenvalue weighted by Gasteiger charge is 2.12. The molecule has 31 heavy (non-hydrogen) atoms. The van der Waals surface area contributed by atoms with Gasteiger partial charge in [0, 0.05) is 5.69 Å². The fraction of sp³-hybridized carbons (Fsp3) is 0.125. The van der Waals surface area contributed by atoms with E-state index in [1.807, 2.05) is 50.2 Å². The van der Waals surface area contributed by atoms with E-state index in [-0.39, 0.29) is 0 Å². The topological polar surface area (TPSA) is 71.9 Å². The van der Waals surface area contributed by atoms with E-state index < -0.39 is 5.97 Å². The molecule has 0 heterocycles. The molecule has 0 unspecified atom stereocenters. The minimum absolute atomic E-state index is 0.329. The highest BCUT2D eigenvalue weighted by Crippen LogP contribution is 2.28. The standard InChI is InChI=1S/C24H23N3O3S/c1-16-7-10-19(11-8-16)23(28)30-21-12-9-18(14-22(21)29-3)15-25-27-24(31)26-20-6-4-5-17(2)13-20/h4-15H,1-3H3,(H2,26,27,31)/b25-15+. The Morgan fingerprint density at radius 3 is 2.45 bits per heavy atom. The van der Waals surface area contributed by atoms with Crippen LogP contribution in [0.25, 0.3) is 0 Å². The summed E-state index contributed by atoms with van der Waals surface area (Å²) >= 11 is 5.25. The van der Waals surface area contributed by atoms with Crippen LogP contribution in [-0.4, -0.2) is 24.4 Å². The molecular formula is C24H23N3O3S. The number of methoxy groups -OCH3 is 1. The molecule has 0 saturated carbocycles. The number of aryl methyl sites for hydroxylation is 2. The lowest BCUT2D eigenvalue weighted by atomic mass is 10.1. The van der Waals surface area contributed by atoms with Gasteiger partial charge in [-0.05, 0) is 79.7 Å². The number of carbonyl (C=O) groups is 1. The third kappa shape index (κ3) is 6.38. The fourth-order valence-corrected chi connectivity index (χ4v) is 2.92. The van der Waals surface area contributed by atoms with E-state index in [1.165, 1.54) is 7.11 Å². The summed E-state index contributed by atoms with van der Waals surface area (Å²) in [6.07, 6.45) is 1.60. The van der Waals surface area contributed by atoms with Gasteiger partial charge in [-0.1, -0.05) is 29.8 Å². The lowest BCUT2D eigenvalue weighted by Crippen LogP contribution is -2.23. The Balaban J connectivity index is 1.61. The van der Waals surface area contributed by atoms with E-state index in [0.717, 1.165) is 22.4 Å². The molecular weight excluding hydrogens is 410 g/mol. The molecule has 7 heteroatoms. The number of nitrogens with zero attached hydrogens (tertiary/aromatic N) is 1. The number of esters is 1. The Kier molecular flexibility index (Phi) is 7.35. The second-order valence-corrected chi connectivity index (χ2v) is 7.27. The maximum atomic E-state index is 12.4. The lowest BCUT2D eigenvalue weighted by Gasteiger charge is -2.10. The van der Waals surface area contributed by atoms with E-state index in [1.54, 1.807) is 36.5 Å². The summed E-state index contributed by atoms with van der Waals surface area (Å²) in [6.45, 7) is 3.97. The number of hydrogen-bond donors (Lipinski definition) is 2. The van der Waals surface area contributed by atoms with Gasteiger partial charge in [-0.3, -0.25) is 5.43 Å². The normalized spacial score (nSPS) is 10.5. The Hall–Kier alpha value is -3.71. The Morgan fingerprint density at radius 2 is 1.74 bits per heavy atom. The van der Waals surface area contributed by atoms with Crippen molar-refractivity contribution in [1.82, 2.24) is 5.43 Å². The number of benzene rings is 3. The van der Waals surface area contributed by atoms with Gasteiger partial charge in [0.2, 0.25) is 0 Å². The number of thiocarbonyl (C=S) groups is 1. The van der Waals surface area contributed by atoms with Crippen LogP contribution in [0.3, 0.4) is 0 Å². The van der Waals surface area contributed by atoms with Crippen LogP contribution in [0.2, 0.25) is 0 Å². The van der Waals surface area contributed by atoms with Gasteiger partial charge in [0.05, 0.1) is 18.9 Å². The van der Waals surface area contributed by atoms with E-state index in [4.69, 9.17) is 21.7 Å². The highest BCUT2D eigenvalue weighted by molar-refractivity contribution is 7.80. The molecule has 3 aromatic rings. The number of hydrazone groups is 1. The Bertz CT molecular complexity index is 1110. The van der Waals surface area contributed by atoms with Crippen LogP contribution in [0.5, 0.6) is 11.5 Å². The van der Waals surface area contributed by atoms with Crippen molar-refractivity contribution in [1.29, 1.82) is 0 Å². The van der Waals surface area contributed by atoms with Gasteiger partial charge >= 0.3 is 5.97 Å². The number of rotatable bonds is 6. The third-order valence-corrected chi connectivity index (χ3v) is 4.53. The van der Waals surface area contributed by atoms with Gasteiger partial charge in [-0.15, -0.1) is 0 Å². The van der Waals surface area contributed by atoms with Crippen LogP contribution in [0.1, 0.15) is 27.0 Å². The molecule has 0 radical (unpaired) electrons. The van der Waals surface area contributed by atoms with Crippen LogP contribution < -0.4 is 20.2 Å². The van der Waals surface area contributed by atoms with Crippen molar-refractivity contribution in [3.63, 3.8) is 0 Å². The fourth-order valence-electron chi connectivity index (χ4n) is 2.74. The molecule has 0 aromatic heterocycles. The van der Waals surface area contributed by atoms with Crippen LogP contribution >= 0.6 is 12.2 Å². The smallest absolute Gasteiger partial charge is 0.343 e. The maximum absolute atomic E-state index is 12.4. The second kappa shape index (κ2) is 10.4. The minimum Gasteiger partial charge on any atom is -0.493 e. The maximum Gasteiger partial charge on any atom is 0.343 e. The zero-order valence-electron chi connectivity index (χ0n) is 17.5. The van der Waals surface area contributed by atoms with Crippen LogP contribution in [-0.2, 0) is 0 Å². The molecule has 2 N–H and O–H groups in total. The van der Waals surface area contributed by atoms with Crippen LogP contribution in [0.15, 0.2) is 71.8 Å². The molecule has 0 bridgehead atoms.